The Bertz CT molecular complexity index is 2720. The summed E-state index contributed by atoms with van der Waals surface area (Å²) in [7, 11) is 0. The lowest BCUT2D eigenvalue weighted by atomic mass is 9.90. The number of nitrogens with zero attached hydrogens (tertiary/aromatic N) is 8. The molecule has 4 saturated heterocycles. The van der Waals surface area contributed by atoms with Gasteiger partial charge in [-0.05, 0) is 18.2 Å². The number of hydrogen-bond donors (Lipinski definition) is 8. The van der Waals surface area contributed by atoms with Gasteiger partial charge in [-0.3, -0.25) is 38.3 Å². The molecule has 25 nitrogen and oxygen atoms in total. The van der Waals surface area contributed by atoms with Gasteiger partial charge < -0.3 is 69.3 Å². The standard InChI is InChI=1S/C43H56N8O17/c52-20-27-32(54)33(55)35(57)43(66-27)68-37-28(21-53)67-42(36(58)34(37)56)65-16-11-49-19-22(45-46-49)18-44-26-17-25-29-23(38(59)50(40(25)61)5-3-47-7-12-63-13-8-47)1-2-24-30(29)31(26)41(62)51(39(24)60)6-4-48-9-14-64-15-10-48/h1-2,17,19,27-28,32-37,42-43,52-58,60H,3-16,18,20-21H2/t27-,28-,32-,33+,34-,35-,36-,37-,42-,43-/m1/s1. The first kappa shape index (κ1) is 48.3. The van der Waals surface area contributed by atoms with E-state index in [4.69, 9.17) is 33.4 Å². The van der Waals surface area contributed by atoms with Gasteiger partial charge in [-0.25, -0.2) is 4.68 Å². The number of aliphatic hydroxyl groups is 7. The molecule has 0 bridgehead atoms. The summed E-state index contributed by atoms with van der Waals surface area (Å²) in [5.41, 5.74) is -0.808. The topological polar surface area (TPSA) is 328 Å². The normalized spacial score (nSPS) is 29.2. The van der Waals surface area contributed by atoms with Crippen molar-refractivity contribution in [2.75, 3.05) is 85.5 Å². The summed E-state index contributed by atoms with van der Waals surface area (Å²) in [6.07, 6.45) is -14.4. The maximum atomic E-state index is 14.5. The number of benzene rings is 2. The number of pyridine rings is 2. The number of morpholine rings is 2. The summed E-state index contributed by atoms with van der Waals surface area (Å²) >= 11 is 0. The summed E-state index contributed by atoms with van der Waals surface area (Å²) in [4.78, 5) is 51.9. The van der Waals surface area contributed by atoms with Crippen molar-refractivity contribution in [3.05, 3.63) is 66.5 Å². The summed E-state index contributed by atoms with van der Waals surface area (Å²) in [5, 5.41) is 93.2. The molecular formula is C43H56N8O17. The van der Waals surface area contributed by atoms with Gasteiger partial charge in [0.05, 0.1) is 81.8 Å². The molecule has 8 N–H and O–H groups in total. The van der Waals surface area contributed by atoms with Crippen LogP contribution in [-0.2, 0) is 54.6 Å². The summed E-state index contributed by atoms with van der Waals surface area (Å²) in [5.74, 6) is -0.293. The van der Waals surface area contributed by atoms with Crippen LogP contribution in [0.2, 0.25) is 0 Å². The van der Waals surface area contributed by atoms with E-state index in [0.717, 1.165) is 0 Å². The maximum absolute atomic E-state index is 14.5. The second-order valence-corrected chi connectivity index (χ2v) is 17.3. The van der Waals surface area contributed by atoms with Crippen LogP contribution in [-0.4, -0.2) is 222 Å². The molecule has 1 aromatic carbocycles. The van der Waals surface area contributed by atoms with E-state index >= 15 is 0 Å². The van der Waals surface area contributed by atoms with Gasteiger partial charge in [-0.2, -0.15) is 0 Å². The first-order valence-corrected chi connectivity index (χ1v) is 22.6. The van der Waals surface area contributed by atoms with Gasteiger partial charge in [0.1, 0.15) is 54.5 Å². The largest absolute Gasteiger partial charge is 0.494 e. The van der Waals surface area contributed by atoms with Crippen LogP contribution >= 0.6 is 0 Å². The van der Waals surface area contributed by atoms with Crippen LogP contribution in [0, 0.1) is 0 Å². The number of aliphatic hydroxyl groups excluding tert-OH is 7. The Morgan fingerprint density at radius 1 is 0.691 bits per heavy atom. The Morgan fingerprint density at radius 3 is 2.00 bits per heavy atom. The molecule has 4 fully saturated rings. The molecule has 0 radical (unpaired) electrons. The molecular weight excluding hydrogens is 901 g/mol. The first-order chi connectivity index (χ1) is 32.9. The number of rotatable bonds is 16. The van der Waals surface area contributed by atoms with Gasteiger partial charge in [-0.1, -0.05) is 5.21 Å². The molecule has 2 aromatic heterocycles. The predicted molar refractivity (Wildman–Crippen MR) is 233 cm³/mol. The van der Waals surface area contributed by atoms with Gasteiger partial charge in [0.25, 0.3) is 16.7 Å². The number of aromatic nitrogens is 5. The lowest BCUT2D eigenvalue weighted by molar-refractivity contribution is -0.359. The van der Waals surface area contributed by atoms with Crippen LogP contribution in [0.1, 0.15) is 5.69 Å². The molecule has 25 heteroatoms. The van der Waals surface area contributed by atoms with E-state index in [9.17, 15) is 55.2 Å². The Morgan fingerprint density at radius 2 is 1.32 bits per heavy atom. The molecule has 6 aliphatic rings. The second kappa shape index (κ2) is 20.7. The highest BCUT2D eigenvalue weighted by Gasteiger charge is 2.50. The molecule has 10 atom stereocenters. The minimum absolute atomic E-state index is 0.0519. The van der Waals surface area contributed by atoms with E-state index in [1.165, 1.54) is 19.9 Å². The van der Waals surface area contributed by atoms with Crippen molar-refractivity contribution in [3.63, 3.8) is 0 Å². The van der Waals surface area contributed by atoms with Crippen molar-refractivity contribution in [2.45, 2.75) is 87.6 Å². The fourth-order valence-corrected chi connectivity index (χ4v) is 9.37. The zero-order valence-electron chi connectivity index (χ0n) is 36.9. The van der Waals surface area contributed by atoms with Crippen molar-refractivity contribution < 1.29 is 69.3 Å². The Labute approximate surface area is 385 Å². The number of hydrogen-bond acceptors (Lipinski definition) is 22. The minimum Gasteiger partial charge on any atom is -0.494 e. The highest BCUT2D eigenvalue weighted by molar-refractivity contribution is 6.15. The number of ether oxygens (including phenoxy) is 6. The SMILES string of the molecule is O=c1c2c(=NCc3cn(CCO[C@@H]4O[C@H](CO)[C@@H](O[C@H]5O[C@H](CO)[C@@H](O)[C@H](O)[C@H]5O)[C@H](O)[C@H]4O)nn3)cc3c(=O)n(CCN4CCOCC4)c(=O)c4ccc(c(O)n1CCN1CCOCC1)c2c4-3. The van der Waals surface area contributed by atoms with Crippen molar-refractivity contribution in [1.29, 1.82) is 0 Å². The Hall–Kier alpha value is -4.68. The van der Waals surface area contributed by atoms with Gasteiger partial charge in [0.2, 0.25) is 5.88 Å². The van der Waals surface area contributed by atoms with Crippen molar-refractivity contribution >= 4 is 21.5 Å². The van der Waals surface area contributed by atoms with E-state index in [2.05, 4.69) is 20.1 Å². The lowest BCUT2D eigenvalue weighted by Gasteiger charge is -2.45. The summed E-state index contributed by atoms with van der Waals surface area (Å²) in [6, 6.07) is 4.70. The smallest absolute Gasteiger partial charge is 0.263 e. The minimum atomic E-state index is -1.81. The molecule has 68 heavy (non-hydrogen) atoms. The van der Waals surface area contributed by atoms with E-state index in [1.54, 1.807) is 18.3 Å². The fraction of sp³-hybridized carbons (Fsp3) is 0.628. The average Bonchev–Trinajstić information content (AvgIpc) is 3.81. The van der Waals surface area contributed by atoms with Gasteiger partial charge in [-0.15, -0.1) is 5.10 Å². The quantitative estimate of drug-likeness (QED) is 0.0428. The lowest BCUT2D eigenvalue weighted by Crippen LogP contribution is -2.64. The van der Waals surface area contributed by atoms with Crippen molar-refractivity contribution in [2.24, 2.45) is 4.99 Å². The van der Waals surface area contributed by atoms with Gasteiger partial charge in [0.15, 0.2) is 12.6 Å². The van der Waals surface area contributed by atoms with E-state index in [0.29, 0.717) is 71.4 Å². The molecule has 370 valence electrons. The molecule has 1 aliphatic carbocycles. The number of aromatic hydroxyl groups is 1. The molecule has 0 saturated carbocycles. The third-order valence-electron chi connectivity index (χ3n) is 13.2. The average molecular weight is 957 g/mol. The zero-order chi connectivity index (χ0) is 47.8. The molecule has 5 aliphatic heterocycles. The molecule has 0 unspecified atom stereocenters. The highest BCUT2D eigenvalue weighted by atomic mass is 16.7. The molecule has 0 spiro atoms. The fourth-order valence-electron chi connectivity index (χ4n) is 9.37. The monoisotopic (exact) mass is 956 g/mol. The van der Waals surface area contributed by atoms with Gasteiger partial charge in [0, 0.05) is 74.1 Å². The predicted octanol–water partition coefficient (Wildman–Crippen LogP) is -5.64. The van der Waals surface area contributed by atoms with E-state index < -0.39 is 91.3 Å². The van der Waals surface area contributed by atoms with Crippen molar-refractivity contribution in [1.82, 2.24) is 33.9 Å². The first-order valence-electron chi connectivity index (χ1n) is 22.6. The van der Waals surface area contributed by atoms with E-state index in [1.807, 2.05) is 0 Å². The van der Waals surface area contributed by atoms with Crippen LogP contribution in [0.3, 0.4) is 0 Å². The van der Waals surface area contributed by atoms with E-state index in [-0.39, 0.29) is 76.7 Å². The molecule has 7 heterocycles. The third-order valence-corrected chi connectivity index (χ3v) is 13.2. The Kier molecular flexibility index (Phi) is 14.7. The molecule has 0 amide bonds. The second-order valence-electron chi connectivity index (χ2n) is 17.3. The van der Waals surface area contributed by atoms with Crippen LogP contribution in [0.5, 0.6) is 5.88 Å². The van der Waals surface area contributed by atoms with Crippen LogP contribution in [0.4, 0.5) is 0 Å². The summed E-state index contributed by atoms with van der Waals surface area (Å²) < 4.78 is 37.2. The zero-order valence-corrected chi connectivity index (χ0v) is 36.9. The van der Waals surface area contributed by atoms with Crippen LogP contribution < -0.4 is 22.0 Å². The van der Waals surface area contributed by atoms with Gasteiger partial charge >= 0.3 is 0 Å². The molecule has 3 aromatic rings. The summed E-state index contributed by atoms with van der Waals surface area (Å²) in [6.45, 7) is 4.37. The molecule has 9 rings (SSSR count). The highest BCUT2D eigenvalue weighted by Crippen LogP contribution is 2.37. The van der Waals surface area contributed by atoms with Crippen molar-refractivity contribution in [3.8, 4) is 17.0 Å². The maximum Gasteiger partial charge on any atom is 0.263 e. The van der Waals surface area contributed by atoms with Crippen LogP contribution in [0.25, 0.3) is 32.7 Å². The Balaban J connectivity index is 0.951. The third kappa shape index (κ3) is 9.37. The van der Waals surface area contributed by atoms with Crippen LogP contribution in [0.15, 0.2) is 43.8 Å².